The molecule has 1 aliphatic heterocycles. The van der Waals surface area contributed by atoms with Crippen molar-refractivity contribution < 1.29 is 9.59 Å². The largest absolute Gasteiger partial charge is 0.308 e. The zero-order chi connectivity index (χ0) is 16.5. The Balaban J connectivity index is 1.73. The lowest BCUT2D eigenvalue weighted by atomic mass is 10.0. The molecule has 4 rings (SSSR count). The van der Waals surface area contributed by atoms with Crippen molar-refractivity contribution in [3.8, 4) is 0 Å². The average molecular weight is 333 g/mol. The van der Waals surface area contributed by atoms with Crippen LogP contribution >= 0.6 is 11.3 Å². The summed E-state index contributed by atoms with van der Waals surface area (Å²) in [6, 6.07) is 18.7. The number of benzene rings is 2. The first kappa shape index (κ1) is 14.8. The lowest BCUT2D eigenvalue weighted by Crippen LogP contribution is -2.30. The maximum atomic E-state index is 13.1. The van der Waals surface area contributed by atoms with Crippen LogP contribution in [0.2, 0.25) is 0 Å². The van der Waals surface area contributed by atoms with Crippen molar-refractivity contribution in [2.24, 2.45) is 0 Å². The second-order valence-electron chi connectivity index (χ2n) is 5.69. The highest BCUT2D eigenvalue weighted by Gasteiger charge is 2.28. The normalized spacial score (nSPS) is 12.9. The van der Waals surface area contributed by atoms with Gasteiger partial charge in [-0.05, 0) is 35.6 Å². The Kier molecular flexibility index (Phi) is 3.75. The summed E-state index contributed by atoms with van der Waals surface area (Å²) in [5.41, 5.74) is 3.05. The molecule has 0 radical (unpaired) electrons. The Morgan fingerprint density at radius 3 is 2.42 bits per heavy atom. The van der Waals surface area contributed by atoms with Crippen LogP contribution in [0, 0.1) is 0 Å². The van der Waals surface area contributed by atoms with Crippen LogP contribution in [0.3, 0.4) is 0 Å². The smallest absolute Gasteiger partial charge is 0.259 e. The van der Waals surface area contributed by atoms with Crippen molar-refractivity contribution in [2.45, 2.75) is 6.42 Å². The number of ketones is 1. The summed E-state index contributed by atoms with van der Waals surface area (Å²) in [6.45, 7) is 0.652. The molecule has 4 heteroatoms. The standard InChI is InChI=1S/C20H15NO2S/c22-19(18-10-5-13-24-18)15-7-2-3-8-16(15)20(23)21-12-11-14-6-1-4-9-17(14)21/h1-10,13H,11-12H2. The van der Waals surface area contributed by atoms with E-state index in [-0.39, 0.29) is 11.7 Å². The van der Waals surface area contributed by atoms with Crippen LogP contribution in [0.5, 0.6) is 0 Å². The average Bonchev–Trinajstić information content (AvgIpc) is 3.30. The van der Waals surface area contributed by atoms with E-state index in [9.17, 15) is 9.59 Å². The summed E-state index contributed by atoms with van der Waals surface area (Å²) >= 11 is 1.39. The van der Waals surface area contributed by atoms with E-state index < -0.39 is 0 Å². The van der Waals surface area contributed by atoms with Gasteiger partial charge in [0.25, 0.3) is 5.91 Å². The molecule has 118 valence electrons. The number of anilines is 1. The van der Waals surface area contributed by atoms with E-state index >= 15 is 0 Å². The predicted octanol–water partition coefficient (Wildman–Crippen LogP) is 4.18. The molecule has 0 fully saturated rings. The van der Waals surface area contributed by atoms with E-state index in [1.54, 1.807) is 35.2 Å². The van der Waals surface area contributed by atoms with Crippen LogP contribution in [0.15, 0.2) is 66.0 Å². The third-order valence-corrected chi connectivity index (χ3v) is 5.15. The summed E-state index contributed by atoms with van der Waals surface area (Å²) in [5.74, 6) is -0.207. The van der Waals surface area contributed by atoms with Gasteiger partial charge in [0.05, 0.1) is 10.4 Å². The predicted molar refractivity (Wildman–Crippen MR) is 96.0 cm³/mol. The monoisotopic (exact) mass is 333 g/mol. The molecule has 0 bridgehead atoms. The van der Waals surface area contributed by atoms with Crippen molar-refractivity contribution in [3.05, 3.63) is 87.6 Å². The number of carbonyl (C=O) groups excluding carboxylic acids is 2. The molecule has 0 atom stereocenters. The van der Waals surface area contributed by atoms with Gasteiger partial charge in [0.1, 0.15) is 0 Å². The van der Waals surface area contributed by atoms with Gasteiger partial charge < -0.3 is 4.90 Å². The number of hydrogen-bond donors (Lipinski definition) is 0. The Labute approximate surface area is 144 Å². The van der Waals surface area contributed by atoms with E-state index in [4.69, 9.17) is 0 Å². The fourth-order valence-electron chi connectivity index (χ4n) is 3.10. The van der Waals surface area contributed by atoms with Crippen molar-refractivity contribution >= 4 is 28.7 Å². The van der Waals surface area contributed by atoms with Crippen molar-refractivity contribution in [3.63, 3.8) is 0 Å². The maximum absolute atomic E-state index is 13.1. The number of fused-ring (bicyclic) bond motifs is 1. The van der Waals surface area contributed by atoms with Crippen LogP contribution in [0.1, 0.15) is 31.2 Å². The Morgan fingerprint density at radius 2 is 1.62 bits per heavy atom. The molecule has 0 aliphatic carbocycles. The van der Waals surface area contributed by atoms with E-state index in [0.29, 0.717) is 22.5 Å². The first-order chi connectivity index (χ1) is 11.8. The molecule has 0 saturated heterocycles. The van der Waals surface area contributed by atoms with Gasteiger partial charge in [0, 0.05) is 17.8 Å². The highest BCUT2D eigenvalue weighted by Crippen LogP contribution is 2.30. The number of nitrogens with zero attached hydrogens (tertiary/aromatic N) is 1. The lowest BCUT2D eigenvalue weighted by Gasteiger charge is -2.18. The minimum absolute atomic E-state index is 0.0959. The van der Waals surface area contributed by atoms with Gasteiger partial charge in [-0.2, -0.15) is 0 Å². The zero-order valence-corrected chi connectivity index (χ0v) is 13.8. The Bertz CT molecular complexity index is 915. The van der Waals surface area contributed by atoms with Gasteiger partial charge in [-0.25, -0.2) is 0 Å². The molecule has 24 heavy (non-hydrogen) atoms. The summed E-state index contributed by atoms with van der Waals surface area (Å²) in [7, 11) is 0. The fourth-order valence-corrected chi connectivity index (χ4v) is 3.78. The quantitative estimate of drug-likeness (QED) is 0.674. The van der Waals surface area contributed by atoms with E-state index in [1.165, 1.54) is 16.9 Å². The van der Waals surface area contributed by atoms with Crippen molar-refractivity contribution in [1.29, 1.82) is 0 Å². The highest BCUT2D eigenvalue weighted by atomic mass is 32.1. The molecule has 1 amide bonds. The van der Waals surface area contributed by atoms with Crippen LogP contribution < -0.4 is 4.90 Å². The first-order valence-electron chi connectivity index (χ1n) is 7.83. The van der Waals surface area contributed by atoms with E-state index in [2.05, 4.69) is 0 Å². The number of para-hydroxylation sites is 1. The van der Waals surface area contributed by atoms with Gasteiger partial charge in [0.2, 0.25) is 5.78 Å². The molecule has 1 aromatic heterocycles. The van der Waals surface area contributed by atoms with E-state index in [1.807, 2.05) is 35.7 Å². The lowest BCUT2D eigenvalue weighted by molar-refractivity contribution is 0.0973. The molecule has 2 aromatic carbocycles. The first-order valence-corrected chi connectivity index (χ1v) is 8.70. The summed E-state index contributed by atoms with van der Waals surface area (Å²) in [5, 5.41) is 1.87. The Morgan fingerprint density at radius 1 is 0.875 bits per heavy atom. The van der Waals surface area contributed by atoms with Crippen LogP contribution in [0.4, 0.5) is 5.69 Å². The van der Waals surface area contributed by atoms with Gasteiger partial charge in [-0.15, -0.1) is 11.3 Å². The zero-order valence-electron chi connectivity index (χ0n) is 12.9. The molecule has 2 heterocycles. The fraction of sp³-hybridized carbons (Fsp3) is 0.100. The van der Waals surface area contributed by atoms with Crippen LogP contribution in [-0.2, 0) is 6.42 Å². The Hall–Kier alpha value is -2.72. The molecule has 3 nitrogen and oxygen atoms in total. The number of thiophene rings is 1. The molecule has 1 aliphatic rings. The molecule has 0 N–H and O–H groups in total. The van der Waals surface area contributed by atoms with Crippen LogP contribution in [0.25, 0.3) is 0 Å². The van der Waals surface area contributed by atoms with Gasteiger partial charge >= 0.3 is 0 Å². The molecule has 0 saturated carbocycles. The molecule has 0 unspecified atom stereocenters. The molecule has 3 aromatic rings. The molecular formula is C20H15NO2S. The van der Waals surface area contributed by atoms with Gasteiger partial charge in [-0.1, -0.05) is 42.5 Å². The maximum Gasteiger partial charge on any atom is 0.259 e. The summed E-state index contributed by atoms with van der Waals surface area (Å²) < 4.78 is 0. The molecular weight excluding hydrogens is 318 g/mol. The number of amides is 1. The molecule has 0 spiro atoms. The topological polar surface area (TPSA) is 37.4 Å². The van der Waals surface area contributed by atoms with Crippen molar-refractivity contribution in [1.82, 2.24) is 0 Å². The second kappa shape index (κ2) is 6.06. The third-order valence-electron chi connectivity index (χ3n) is 4.28. The van der Waals surface area contributed by atoms with Gasteiger partial charge in [-0.3, -0.25) is 9.59 Å². The minimum Gasteiger partial charge on any atom is -0.308 e. The number of carbonyl (C=O) groups is 2. The highest BCUT2D eigenvalue weighted by molar-refractivity contribution is 7.12. The van der Waals surface area contributed by atoms with E-state index in [0.717, 1.165) is 12.1 Å². The third kappa shape index (κ3) is 2.45. The minimum atomic E-state index is -0.111. The van der Waals surface area contributed by atoms with Crippen LogP contribution in [-0.4, -0.2) is 18.2 Å². The number of rotatable bonds is 3. The summed E-state index contributed by atoms with van der Waals surface area (Å²) in [4.78, 5) is 28.2. The SMILES string of the molecule is O=C(c1cccs1)c1ccccc1C(=O)N1CCc2ccccc21. The van der Waals surface area contributed by atoms with Gasteiger partial charge in [0.15, 0.2) is 0 Å². The number of hydrogen-bond acceptors (Lipinski definition) is 3. The summed E-state index contributed by atoms with van der Waals surface area (Å²) in [6.07, 6.45) is 0.850. The van der Waals surface area contributed by atoms with Crippen molar-refractivity contribution in [2.75, 3.05) is 11.4 Å². The second-order valence-corrected chi connectivity index (χ2v) is 6.64.